The Morgan fingerprint density at radius 3 is 2.70 bits per heavy atom. The van der Waals surface area contributed by atoms with Gasteiger partial charge < -0.3 is 14.5 Å². The molecule has 2 aromatic heterocycles. The zero-order chi connectivity index (χ0) is 19.6. The van der Waals surface area contributed by atoms with Crippen molar-refractivity contribution in [2.45, 2.75) is 25.3 Å². The molecule has 0 aliphatic heterocycles. The van der Waals surface area contributed by atoms with Crippen LogP contribution < -0.4 is 10.1 Å². The fourth-order valence-corrected chi connectivity index (χ4v) is 3.68. The minimum atomic E-state index is -3.52. The van der Waals surface area contributed by atoms with Gasteiger partial charge in [-0.05, 0) is 49.7 Å². The molecule has 0 aliphatic rings. The van der Waals surface area contributed by atoms with E-state index < -0.39 is 10.0 Å². The Hall–Kier alpha value is -2.58. The van der Waals surface area contributed by atoms with E-state index >= 15 is 0 Å². The van der Waals surface area contributed by atoms with Gasteiger partial charge in [0.2, 0.25) is 10.0 Å². The summed E-state index contributed by atoms with van der Waals surface area (Å²) in [5.41, 5.74) is 3.61. The van der Waals surface area contributed by atoms with E-state index in [1.807, 2.05) is 42.8 Å². The molecule has 3 aromatic rings. The van der Waals surface area contributed by atoms with Crippen LogP contribution in [0.3, 0.4) is 0 Å². The summed E-state index contributed by atoms with van der Waals surface area (Å²) in [5, 5.41) is 3.29. The van der Waals surface area contributed by atoms with Crippen molar-refractivity contribution in [3.63, 3.8) is 0 Å². The molecule has 0 saturated carbocycles. The minimum absolute atomic E-state index is 0.215. The maximum atomic E-state index is 12.4. The molecule has 0 aliphatic carbocycles. The average molecular weight is 388 g/mol. The second-order valence-electron chi connectivity index (χ2n) is 6.41. The summed E-state index contributed by atoms with van der Waals surface area (Å²) < 4.78 is 33.7. The number of fused-ring (bicyclic) bond motifs is 1. The summed E-state index contributed by atoms with van der Waals surface area (Å²) >= 11 is 0. The second-order valence-corrected chi connectivity index (χ2v) is 8.57. The van der Waals surface area contributed by atoms with Crippen molar-refractivity contribution in [1.29, 1.82) is 0 Å². The molecule has 27 heavy (non-hydrogen) atoms. The number of benzene rings is 1. The highest BCUT2D eigenvalue weighted by Gasteiger charge is 2.19. The maximum absolute atomic E-state index is 12.4. The Kier molecular flexibility index (Phi) is 5.38. The zero-order valence-corrected chi connectivity index (χ0v) is 16.7. The molecule has 1 N–H and O–H groups in total. The second kappa shape index (κ2) is 7.58. The van der Waals surface area contributed by atoms with Crippen LogP contribution in [0.2, 0.25) is 0 Å². The van der Waals surface area contributed by atoms with Gasteiger partial charge in [-0.2, -0.15) is 0 Å². The summed E-state index contributed by atoms with van der Waals surface area (Å²) in [4.78, 5) is 4.63. The predicted molar refractivity (Wildman–Crippen MR) is 106 cm³/mol. The van der Waals surface area contributed by atoms with Crippen LogP contribution in [0.1, 0.15) is 18.2 Å². The van der Waals surface area contributed by atoms with Crippen LogP contribution in [0, 0.1) is 6.92 Å². The maximum Gasteiger partial charge on any atom is 0.242 e. The van der Waals surface area contributed by atoms with E-state index in [9.17, 15) is 8.42 Å². The number of hydrogen-bond donors (Lipinski definition) is 1. The van der Waals surface area contributed by atoms with E-state index in [-0.39, 0.29) is 4.90 Å². The van der Waals surface area contributed by atoms with Crippen molar-refractivity contribution >= 4 is 21.4 Å². The Morgan fingerprint density at radius 1 is 1.22 bits per heavy atom. The first-order chi connectivity index (χ1) is 12.8. The highest BCUT2D eigenvalue weighted by atomic mass is 32.2. The summed E-state index contributed by atoms with van der Waals surface area (Å²) in [7, 11) is -0.496. The molecule has 0 atom stereocenters. The number of anilines is 1. The molecule has 2 heterocycles. The SMILES string of the molecule is CCOc1ccc(S(=O)(=O)N(C)C)cc1NCc1cnc2cc(C)ccn12. The Labute approximate surface area is 159 Å². The lowest BCUT2D eigenvalue weighted by Gasteiger charge is -2.16. The zero-order valence-electron chi connectivity index (χ0n) is 15.9. The fourth-order valence-electron chi connectivity index (χ4n) is 2.75. The normalized spacial score (nSPS) is 11.9. The van der Waals surface area contributed by atoms with Crippen LogP contribution >= 0.6 is 0 Å². The largest absolute Gasteiger partial charge is 0.492 e. The van der Waals surface area contributed by atoms with Crippen LogP contribution in [0.15, 0.2) is 47.6 Å². The van der Waals surface area contributed by atoms with Gasteiger partial charge in [-0.1, -0.05) is 0 Å². The van der Waals surface area contributed by atoms with Gasteiger partial charge in [0.15, 0.2) is 0 Å². The average Bonchev–Trinajstić information content (AvgIpc) is 3.02. The van der Waals surface area contributed by atoms with Gasteiger partial charge in [-0.15, -0.1) is 0 Å². The van der Waals surface area contributed by atoms with Crippen molar-refractivity contribution in [1.82, 2.24) is 13.7 Å². The quantitative estimate of drug-likeness (QED) is 0.674. The Bertz CT molecular complexity index is 1060. The van der Waals surface area contributed by atoms with Gasteiger partial charge >= 0.3 is 0 Å². The van der Waals surface area contributed by atoms with Gasteiger partial charge in [-0.25, -0.2) is 17.7 Å². The Morgan fingerprint density at radius 2 is 2.00 bits per heavy atom. The lowest BCUT2D eigenvalue weighted by Crippen LogP contribution is -2.22. The van der Waals surface area contributed by atoms with Crippen molar-refractivity contribution in [2.24, 2.45) is 0 Å². The van der Waals surface area contributed by atoms with Gasteiger partial charge in [0.25, 0.3) is 0 Å². The van der Waals surface area contributed by atoms with Crippen molar-refractivity contribution in [2.75, 3.05) is 26.0 Å². The lowest BCUT2D eigenvalue weighted by atomic mass is 10.2. The standard InChI is InChI=1S/C19H24N4O3S/c1-5-26-18-7-6-16(27(24,25)22(3)4)11-17(18)20-12-15-13-21-19-10-14(2)8-9-23(15)19/h6-11,13,20H,5,12H2,1-4H3. The van der Waals surface area contributed by atoms with Crippen molar-refractivity contribution < 1.29 is 13.2 Å². The molecule has 0 saturated heterocycles. The molecule has 3 rings (SSSR count). The first kappa shape index (κ1) is 19.2. The van der Waals surface area contributed by atoms with E-state index in [4.69, 9.17) is 4.74 Å². The molecule has 1 aromatic carbocycles. The third kappa shape index (κ3) is 3.91. The van der Waals surface area contributed by atoms with Crippen molar-refractivity contribution in [3.05, 3.63) is 54.0 Å². The van der Waals surface area contributed by atoms with E-state index in [1.54, 1.807) is 18.2 Å². The first-order valence-corrected chi connectivity index (χ1v) is 10.1. The number of hydrogen-bond acceptors (Lipinski definition) is 5. The highest BCUT2D eigenvalue weighted by molar-refractivity contribution is 7.89. The molecule has 0 unspecified atom stereocenters. The van der Waals surface area contributed by atoms with Crippen molar-refractivity contribution in [3.8, 4) is 5.75 Å². The van der Waals surface area contributed by atoms with Gasteiger partial charge in [0, 0.05) is 20.3 Å². The van der Waals surface area contributed by atoms with Crippen LogP contribution in [-0.4, -0.2) is 42.8 Å². The number of sulfonamides is 1. The highest BCUT2D eigenvalue weighted by Crippen LogP contribution is 2.29. The predicted octanol–water partition coefficient (Wildman–Crippen LogP) is 2.90. The molecule has 0 fully saturated rings. The fraction of sp³-hybridized carbons (Fsp3) is 0.316. The number of imidazole rings is 1. The number of ether oxygens (including phenoxy) is 1. The summed E-state index contributed by atoms with van der Waals surface area (Å²) in [6, 6.07) is 8.88. The monoisotopic (exact) mass is 388 g/mol. The molecule has 8 heteroatoms. The van der Waals surface area contributed by atoms with E-state index in [0.717, 1.165) is 16.9 Å². The number of nitrogens with zero attached hydrogens (tertiary/aromatic N) is 3. The summed E-state index contributed by atoms with van der Waals surface area (Å²) in [5.74, 6) is 0.611. The van der Waals surface area contributed by atoms with Gasteiger partial charge in [0.05, 0.1) is 35.6 Å². The summed E-state index contributed by atoms with van der Waals surface area (Å²) in [6.45, 7) is 4.89. The van der Waals surface area contributed by atoms with Crippen LogP contribution in [0.25, 0.3) is 5.65 Å². The molecular formula is C19H24N4O3S. The topological polar surface area (TPSA) is 75.9 Å². The van der Waals surface area contributed by atoms with Gasteiger partial charge in [-0.3, -0.25) is 0 Å². The molecule has 0 amide bonds. The van der Waals surface area contributed by atoms with Crippen LogP contribution in [-0.2, 0) is 16.6 Å². The lowest BCUT2D eigenvalue weighted by molar-refractivity contribution is 0.341. The van der Waals surface area contributed by atoms with Crippen LogP contribution in [0.4, 0.5) is 5.69 Å². The smallest absolute Gasteiger partial charge is 0.242 e. The number of rotatable bonds is 7. The van der Waals surface area contributed by atoms with Crippen LogP contribution in [0.5, 0.6) is 5.75 Å². The molecule has 0 bridgehead atoms. The third-order valence-corrected chi connectivity index (χ3v) is 6.05. The number of nitrogens with one attached hydrogen (secondary N) is 1. The summed E-state index contributed by atoms with van der Waals surface area (Å²) in [6.07, 6.45) is 3.79. The number of pyridine rings is 1. The minimum Gasteiger partial charge on any atom is -0.492 e. The molecule has 7 nitrogen and oxygen atoms in total. The molecule has 0 spiro atoms. The Balaban J connectivity index is 1.92. The molecule has 144 valence electrons. The first-order valence-electron chi connectivity index (χ1n) is 8.68. The molecular weight excluding hydrogens is 364 g/mol. The van der Waals surface area contributed by atoms with Gasteiger partial charge in [0.1, 0.15) is 11.4 Å². The van der Waals surface area contributed by atoms with E-state index in [1.165, 1.54) is 18.4 Å². The number of aryl methyl sites for hydroxylation is 1. The molecule has 0 radical (unpaired) electrons. The third-order valence-electron chi connectivity index (χ3n) is 4.23. The number of aromatic nitrogens is 2. The van der Waals surface area contributed by atoms with E-state index in [2.05, 4.69) is 10.3 Å². The van der Waals surface area contributed by atoms with E-state index in [0.29, 0.717) is 24.6 Å².